The maximum absolute atomic E-state index is 13.1. The van der Waals surface area contributed by atoms with Gasteiger partial charge in [0, 0.05) is 50.6 Å². The van der Waals surface area contributed by atoms with E-state index in [9.17, 15) is 14.4 Å². The van der Waals surface area contributed by atoms with E-state index in [1.54, 1.807) is 72.8 Å². The molecular formula is C33H22N4O3. The van der Waals surface area contributed by atoms with Gasteiger partial charge in [0.15, 0.2) is 0 Å². The number of amides is 4. The van der Waals surface area contributed by atoms with Crippen molar-refractivity contribution in [1.82, 2.24) is 0 Å². The molecular weight excluding hydrogens is 500 g/mol. The highest BCUT2D eigenvalue weighted by molar-refractivity contribution is 6.11. The van der Waals surface area contributed by atoms with Crippen molar-refractivity contribution in [2.45, 2.75) is 0 Å². The molecule has 4 aromatic rings. The van der Waals surface area contributed by atoms with Crippen molar-refractivity contribution in [3.63, 3.8) is 0 Å². The third kappa shape index (κ3) is 6.95. The van der Waals surface area contributed by atoms with Gasteiger partial charge in [-0.2, -0.15) is 0 Å². The number of carbonyl (C=O) groups is 3. The van der Waals surface area contributed by atoms with Crippen LogP contribution in [0.15, 0.2) is 91.0 Å². The summed E-state index contributed by atoms with van der Waals surface area (Å²) in [5.74, 6) is 6.54. The molecule has 0 aliphatic rings. The first-order valence-electron chi connectivity index (χ1n) is 11.9. The van der Waals surface area contributed by atoms with Gasteiger partial charge >= 0.3 is 6.03 Å². The molecule has 0 heterocycles. The van der Waals surface area contributed by atoms with Crippen molar-refractivity contribution >= 4 is 40.6 Å². The second kappa shape index (κ2) is 12.3. The number of hydrogen-bond acceptors (Lipinski definition) is 3. The minimum Gasteiger partial charge on any atom is -0.322 e. The molecule has 4 N–H and O–H groups in total. The van der Waals surface area contributed by atoms with E-state index < -0.39 is 17.8 Å². The predicted octanol–water partition coefficient (Wildman–Crippen LogP) is 5.78. The quantitative estimate of drug-likeness (QED) is 0.242. The van der Waals surface area contributed by atoms with Crippen LogP contribution in [0.1, 0.15) is 37.4 Å². The molecule has 7 heteroatoms. The van der Waals surface area contributed by atoms with E-state index in [0.717, 1.165) is 0 Å². The van der Waals surface area contributed by atoms with E-state index >= 15 is 0 Å². The smallest absolute Gasteiger partial charge is 0.322 e. The van der Waals surface area contributed by atoms with Gasteiger partial charge in [-0.15, -0.1) is 19.3 Å². The third-order valence-electron chi connectivity index (χ3n) is 5.62. The summed E-state index contributed by atoms with van der Waals surface area (Å²) in [4.78, 5) is 39.0. The van der Waals surface area contributed by atoms with Crippen LogP contribution in [-0.2, 0) is 0 Å². The first kappa shape index (κ1) is 26.8. The monoisotopic (exact) mass is 522 g/mol. The molecule has 4 amide bonds. The highest BCUT2D eigenvalue weighted by Gasteiger charge is 2.15. The second-order valence-electron chi connectivity index (χ2n) is 8.45. The first-order chi connectivity index (χ1) is 19.4. The second-order valence-corrected chi connectivity index (χ2v) is 8.45. The molecule has 4 rings (SSSR count). The van der Waals surface area contributed by atoms with E-state index in [1.165, 1.54) is 18.2 Å². The summed E-state index contributed by atoms with van der Waals surface area (Å²) in [7, 11) is 0. The topological polar surface area (TPSA) is 99.3 Å². The molecule has 0 fully saturated rings. The summed E-state index contributed by atoms with van der Waals surface area (Å²) in [5.41, 5.74) is 3.91. The van der Waals surface area contributed by atoms with Gasteiger partial charge in [-0.05, 0) is 84.9 Å². The standard InChI is InChI=1S/C33H22N4O3/c1-4-22-10-14-27(15-11-22)34-31(38)25-19-26(32(39)35-28-16-12-23(5-2)13-17-28)21-30(20-25)37-33(40)36-29-9-7-8-24(6-3)18-29/h1-3,7-21H,(H,34,38)(H,35,39)(H2,36,37,40). The molecule has 40 heavy (non-hydrogen) atoms. The van der Waals surface area contributed by atoms with Crippen LogP contribution < -0.4 is 21.3 Å². The zero-order chi connectivity index (χ0) is 28.5. The lowest BCUT2D eigenvalue weighted by Crippen LogP contribution is -2.21. The van der Waals surface area contributed by atoms with E-state index in [0.29, 0.717) is 33.8 Å². The Bertz CT molecular complexity index is 1630. The Morgan fingerprint density at radius 2 is 0.950 bits per heavy atom. The third-order valence-corrected chi connectivity index (χ3v) is 5.62. The summed E-state index contributed by atoms with van der Waals surface area (Å²) in [6.07, 6.45) is 16.2. The largest absolute Gasteiger partial charge is 0.323 e. The van der Waals surface area contributed by atoms with Gasteiger partial charge in [0.05, 0.1) is 0 Å². The Balaban J connectivity index is 1.60. The zero-order valence-corrected chi connectivity index (χ0v) is 21.1. The van der Waals surface area contributed by atoms with Crippen LogP contribution in [-0.4, -0.2) is 17.8 Å². The zero-order valence-electron chi connectivity index (χ0n) is 21.1. The normalized spacial score (nSPS) is 9.72. The van der Waals surface area contributed by atoms with Crippen molar-refractivity contribution in [3.05, 3.63) is 119 Å². The number of hydrogen-bond donors (Lipinski definition) is 4. The van der Waals surface area contributed by atoms with Gasteiger partial charge in [-0.3, -0.25) is 9.59 Å². The average molecular weight is 523 g/mol. The van der Waals surface area contributed by atoms with E-state index in [-0.39, 0.29) is 16.8 Å². The Morgan fingerprint density at radius 3 is 1.43 bits per heavy atom. The highest BCUT2D eigenvalue weighted by Crippen LogP contribution is 2.20. The maximum atomic E-state index is 13.1. The lowest BCUT2D eigenvalue weighted by atomic mass is 10.1. The Hall–Kier alpha value is -6.23. The predicted molar refractivity (Wildman–Crippen MR) is 158 cm³/mol. The average Bonchev–Trinajstić information content (AvgIpc) is 2.97. The van der Waals surface area contributed by atoms with Crippen LogP contribution in [0.4, 0.5) is 27.5 Å². The molecule has 0 saturated heterocycles. The number of anilines is 4. The van der Waals surface area contributed by atoms with E-state index in [4.69, 9.17) is 19.3 Å². The Labute approximate surface area is 232 Å². The van der Waals surface area contributed by atoms with Crippen molar-refractivity contribution in [1.29, 1.82) is 0 Å². The number of terminal acetylenes is 3. The maximum Gasteiger partial charge on any atom is 0.323 e. The van der Waals surface area contributed by atoms with Crippen LogP contribution in [0.5, 0.6) is 0 Å². The molecule has 0 radical (unpaired) electrons. The molecule has 0 atom stereocenters. The summed E-state index contributed by atoms with van der Waals surface area (Å²) in [6.45, 7) is 0. The molecule has 0 aromatic heterocycles. The van der Waals surface area contributed by atoms with Crippen molar-refractivity contribution in [2.24, 2.45) is 0 Å². The van der Waals surface area contributed by atoms with Crippen LogP contribution in [0, 0.1) is 37.0 Å². The number of benzene rings is 4. The van der Waals surface area contributed by atoms with Gasteiger partial charge in [0.1, 0.15) is 0 Å². The van der Waals surface area contributed by atoms with Crippen molar-refractivity contribution in [2.75, 3.05) is 21.3 Å². The molecule has 7 nitrogen and oxygen atoms in total. The van der Waals surface area contributed by atoms with Crippen LogP contribution in [0.25, 0.3) is 0 Å². The number of urea groups is 1. The molecule has 0 aliphatic carbocycles. The van der Waals surface area contributed by atoms with Gasteiger partial charge in [-0.25, -0.2) is 4.79 Å². The lowest BCUT2D eigenvalue weighted by Gasteiger charge is -2.13. The summed E-state index contributed by atoms with van der Waals surface area (Å²) in [5, 5.41) is 10.9. The van der Waals surface area contributed by atoms with Gasteiger partial charge < -0.3 is 21.3 Å². The molecule has 0 unspecified atom stereocenters. The van der Waals surface area contributed by atoms with Gasteiger partial charge in [-0.1, -0.05) is 23.8 Å². The summed E-state index contributed by atoms with van der Waals surface area (Å²) < 4.78 is 0. The number of nitrogens with one attached hydrogen (secondary N) is 4. The van der Waals surface area contributed by atoms with Crippen molar-refractivity contribution < 1.29 is 14.4 Å². The SMILES string of the molecule is C#Cc1ccc(NC(=O)c2cc(NC(=O)Nc3cccc(C#C)c3)cc(C(=O)Nc3ccc(C#C)cc3)c2)cc1. The van der Waals surface area contributed by atoms with Crippen LogP contribution in [0.2, 0.25) is 0 Å². The molecule has 0 aliphatic heterocycles. The first-order valence-corrected chi connectivity index (χ1v) is 11.9. The Kier molecular flexibility index (Phi) is 8.28. The summed E-state index contributed by atoms with van der Waals surface area (Å²) in [6, 6.07) is 24.0. The fraction of sp³-hybridized carbons (Fsp3) is 0. The molecule has 0 spiro atoms. The fourth-order valence-electron chi connectivity index (χ4n) is 3.65. The highest BCUT2D eigenvalue weighted by atomic mass is 16.2. The van der Waals surface area contributed by atoms with Gasteiger partial charge in [0.2, 0.25) is 0 Å². The van der Waals surface area contributed by atoms with Crippen LogP contribution >= 0.6 is 0 Å². The number of carbonyl (C=O) groups excluding carboxylic acids is 3. The summed E-state index contributed by atoms with van der Waals surface area (Å²) >= 11 is 0. The molecule has 0 saturated carbocycles. The van der Waals surface area contributed by atoms with E-state index in [1.807, 2.05) is 0 Å². The lowest BCUT2D eigenvalue weighted by molar-refractivity contribution is 0.102. The fourth-order valence-corrected chi connectivity index (χ4v) is 3.65. The molecule has 0 bridgehead atoms. The molecule has 4 aromatic carbocycles. The minimum absolute atomic E-state index is 0.140. The number of rotatable bonds is 6. The molecule has 192 valence electrons. The van der Waals surface area contributed by atoms with E-state index in [2.05, 4.69) is 39.0 Å². The van der Waals surface area contributed by atoms with Gasteiger partial charge in [0.25, 0.3) is 11.8 Å². The van der Waals surface area contributed by atoms with Crippen molar-refractivity contribution in [3.8, 4) is 37.0 Å². The minimum atomic E-state index is -0.590. The Morgan fingerprint density at radius 1 is 0.475 bits per heavy atom. The van der Waals surface area contributed by atoms with Crippen LogP contribution in [0.3, 0.4) is 0 Å².